The van der Waals surface area contributed by atoms with Gasteiger partial charge in [0.05, 0.1) is 11.4 Å². The van der Waals surface area contributed by atoms with Crippen molar-refractivity contribution >= 4 is 17.4 Å². The van der Waals surface area contributed by atoms with Crippen LogP contribution in [-0.4, -0.2) is 49.3 Å². The lowest BCUT2D eigenvalue weighted by atomic mass is 9.89. The maximum atomic E-state index is 15.0. The summed E-state index contributed by atoms with van der Waals surface area (Å²) in [6.07, 6.45) is 11.8. The number of hydrogen-bond acceptors (Lipinski definition) is 5. The van der Waals surface area contributed by atoms with Crippen LogP contribution in [0.4, 0.5) is 4.39 Å². The van der Waals surface area contributed by atoms with Crippen LogP contribution in [0.3, 0.4) is 0 Å². The Morgan fingerprint density at radius 1 is 1.12 bits per heavy atom. The summed E-state index contributed by atoms with van der Waals surface area (Å²) in [6.45, 7) is 2.34. The predicted molar refractivity (Wildman–Crippen MR) is 117 cm³/mol. The average Bonchev–Trinajstić information content (AvgIpc) is 3.56. The monoisotopic (exact) mass is 428 g/mol. The third-order valence-corrected chi connectivity index (χ3v) is 6.29. The molecule has 0 atom stereocenters. The first-order valence-electron chi connectivity index (χ1n) is 10.8. The van der Waals surface area contributed by atoms with Crippen molar-refractivity contribution < 1.29 is 9.18 Å². The van der Waals surface area contributed by atoms with Crippen molar-refractivity contribution in [3.05, 3.63) is 71.6 Å². The highest BCUT2D eigenvalue weighted by Crippen LogP contribution is 2.39. The van der Waals surface area contributed by atoms with E-state index in [4.69, 9.17) is 0 Å². The second kappa shape index (κ2) is 7.19. The number of rotatable bonds is 2. The molecule has 1 amide bonds. The number of carbonyl (C=O) groups is 1. The minimum Gasteiger partial charge on any atom is -0.310 e. The molecule has 0 spiro atoms. The highest BCUT2D eigenvalue weighted by molar-refractivity contribution is 6.06. The van der Waals surface area contributed by atoms with Crippen molar-refractivity contribution in [1.82, 2.24) is 24.4 Å². The lowest BCUT2D eigenvalue weighted by Gasteiger charge is -2.32. The molecule has 0 radical (unpaired) electrons. The first-order chi connectivity index (χ1) is 15.6. The van der Waals surface area contributed by atoms with Gasteiger partial charge in [-0.2, -0.15) is 0 Å². The quantitative estimate of drug-likeness (QED) is 0.627. The molecule has 2 aromatic heterocycles. The van der Waals surface area contributed by atoms with Gasteiger partial charge in [0.25, 0.3) is 0 Å². The van der Waals surface area contributed by atoms with Gasteiger partial charge in [0.2, 0.25) is 5.91 Å². The Balaban J connectivity index is 1.48. The van der Waals surface area contributed by atoms with E-state index < -0.39 is 0 Å². The van der Waals surface area contributed by atoms with Gasteiger partial charge in [-0.15, -0.1) is 0 Å². The molecular formula is C24H21FN6O. The van der Waals surface area contributed by atoms with Crippen LogP contribution >= 0.6 is 0 Å². The lowest BCUT2D eigenvalue weighted by Crippen LogP contribution is -2.36. The third kappa shape index (κ3) is 3.14. The van der Waals surface area contributed by atoms with E-state index in [0.29, 0.717) is 41.7 Å². The molecule has 0 unspecified atom stereocenters. The Morgan fingerprint density at radius 2 is 1.94 bits per heavy atom. The van der Waals surface area contributed by atoms with E-state index in [0.717, 1.165) is 22.5 Å². The molecule has 0 N–H and O–H groups in total. The maximum Gasteiger partial charge on any atom is 0.248 e. The number of allylic oxidation sites excluding steroid dienone is 1. The van der Waals surface area contributed by atoms with E-state index in [-0.39, 0.29) is 18.3 Å². The van der Waals surface area contributed by atoms with E-state index in [2.05, 4.69) is 19.9 Å². The Kier molecular flexibility index (Phi) is 4.28. The van der Waals surface area contributed by atoms with Crippen molar-refractivity contribution in [2.75, 3.05) is 13.1 Å². The summed E-state index contributed by atoms with van der Waals surface area (Å²) in [5, 5.41) is 0. The Labute approximate surface area is 184 Å². The normalized spacial score (nSPS) is 17.9. The average molecular weight is 428 g/mol. The van der Waals surface area contributed by atoms with Crippen LogP contribution in [0.2, 0.25) is 0 Å². The summed E-state index contributed by atoms with van der Waals surface area (Å²) < 4.78 is 16.9. The fraction of sp³-hybridized carbons (Fsp3) is 0.292. The Morgan fingerprint density at radius 3 is 2.72 bits per heavy atom. The van der Waals surface area contributed by atoms with Gasteiger partial charge in [-0.3, -0.25) is 14.4 Å². The summed E-state index contributed by atoms with van der Waals surface area (Å²) in [5.74, 6) is 1.44. The number of carbonyl (C=O) groups excluding carboxylic acids is 1. The van der Waals surface area contributed by atoms with Gasteiger partial charge in [-0.25, -0.2) is 19.3 Å². The van der Waals surface area contributed by atoms with Crippen LogP contribution in [-0.2, 0) is 11.2 Å². The fourth-order valence-corrected chi connectivity index (χ4v) is 4.47. The van der Waals surface area contributed by atoms with Crippen molar-refractivity contribution in [1.29, 1.82) is 0 Å². The zero-order chi connectivity index (χ0) is 21.8. The molecule has 0 bridgehead atoms. The van der Waals surface area contributed by atoms with Crippen LogP contribution in [0.25, 0.3) is 16.8 Å². The molecule has 32 heavy (non-hydrogen) atoms. The Bertz CT molecular complexity index is 1300. The number of fused-ring (bicyclic) bond motifs is 3. The van der Waals surface area contributed by atoms with Crippen LogP contribution in [0, 0.1) is 12.7 Å². The van der Waals surface area contributed by atoms with Gasteiger partial charge in [0, 0.05) is 53.8 Å². The number of hydrogen-bond donors (Lipinski definition) is 0. The highest BCUT2D eigenvalue weighted by atomic mass is 19.1. The molecule has 8 heteroatoms. The number of nitrogens with zero attached hydrogens (tertiary/aromatic N) is 6. The van der Waals surface area contributed by atoms with E-state index in [1.54, 1.807) is 36.6 Å². The van der Waals surface area contributed by atoms with E-state index >= 15 is 0 Å². The first kappa shape index (κ1) is 19.0. The second-order valence-corrected chi connectivity index (χ2v) is 8.45. The van der Waals surface area contributed by atoms with Crippen molar-refractivity contribution in [3.8, 4) is 11.1 Å². The zero-order valence-corrected chi connectivity index (χ0v) is 17.6. The van der Waals surface area contributed by atoms with E-state index in [9.17, 15) is 9.18 Å². The molecule has 4 heterocycles. The largest absolute Gasteiger partial charge is 0.310 e. The number of aryl methyl sites for hydroxylation is 1. The lowest BCUT2D eigenvalue weighted by molar-refractivity contribution is -0.126. The highest BCUT2D eigenvalue weighted by Gasteiger charge is 2.31. The molecule has 1 aromatic carbocycles. The number of imidazole rings is 1. The number of amides is 1. The number of benzene rings is 1. The molecule has 160 valence electrons. The number of aromatic nitrogens is 4. The molecule has 0 saturated heterocycles. The molecule has 1 saturated carbocycles. The molecule has 2 aliphatic heterocycles. The van der Waals surface area contributed by atoms with Crippen LogP contribution in [0.1, 0.15) is 41.4 Å². The van der Waals surface area contributed by atoms with Gasteiger partial charge in [0.1, 0.15) is 30.3 Å². The van der Waals surface area contributed by atoms with Crippen LogP contribution in [0.5, 0.6) is 0 Å². The van der Waals surface area contributed by atoms with Gasteiger partial charge < -0.3 is 4.90 Å². The van der Waals surface area contributed by atoms with Crippen LogP contribution < -0.4 is 0 Å². The standard InChI is InChI=1S/C24H21FN6O/c1-14-26-9-16(10-27-14)24-18-6-7-31-21(17(18)4-5-19(24)25)8-22(28-11-23(31)32)30-12-20(29-13-30)15-2-3-15/h4-5,8-10,12-13,15H,2-3,6-7,11H2,1H3. The number of halogens is 1. The summed E-state index contributed by atoms with van der Waals surface area (Å²) in [6, 6.07) is 3.20. The molecular weight excluding hydrogens is 407 g/mol. The fourth-order valence-electron chi connectivity index (χ4n) is 4.47. The summed E-state index contributed by atoms with van der Waals surface area (Å²) in [4.78, 5) is 32.2. The molecule has 3 aromatic rings. The molecule has 1 fully saturated rings. The topological polar surface area (TPSA) is 76.3 Å². The summed E-state index contributed by atoms with van der Waals surface area (Å²) in [5.41, 5.74) is 4.63. The molecule has 1 aliphatic carbocycles. The van der Waals surface area contributed by atoms with Gasteiger partial charge in [-0.1, -0.05) is 0 Å². The van der Waals surface area contributed by atoms with Crippen molar-refractivity contribution in [3.63, 3.8) is 0 Å². The second-order valence-electron chi connectivity index (χ2n) is 8.45. The third-order valence-electron chi connectivity index (χ3n) is 6.29. The minimum atomic E-state index is -0.317. The van der Waals surface area contributed by atoms with E-state index in [1.807, 2.05) is 16.8 Å². The molecule has 7 nitrogen and oxygen atoms in total. The summed E-state index contributed by atoms with van der Waals surface area (Å²) in [7, 11) is 0. The zero-order valence-electron chi connectivity index (χ0n) is 17.6. The smallest absolute Gasteiger partial charge is 0.248 e. The first-order valence-corrected chi connectivity index (χ1v) is 10.8. The number of aliphatic imine (C=N–C) groups is 1. The summed E-state index contributed by atoms with van der Waals surface area (Å²) >= 11 is 0. The molecule has 6 rings (SSSR count). The van der Waals surface area contributed by atoms with Crippen molar-refractivity contribution in [2.24, 2.45) is 4.99 Å². The minimum absolute atomic E-state index is 0.0658. The SMILES string of the molecule is Cc1ncc(-c2c(F)ccc3c2CCN2C(=O)CN=C(n4cnc(C5CC5)c4)C=C32)cn1. The predicted octanol–water partition coefficient (Wildman–Crippen LogP) is 3.35. The maximum absolute atomic E-state index is 15.0. The van der Waals surface area contributed by atoms with Gasteiger partial charge in [-0.05, 0) is 43.9 Å². The Hall–Kier alpha value is -3.68. The molecule has 3 aliphatic rings. The van der Waals surface area contributed by atoms with Gasteiger partial charge >= 0.3 is 0 Å². The van der Waals surface area contributed by atoms with E-state index in [1.165, 1.54) is 18.9 Å². The van der Waals surface area contributed by atoms with Crippen LogP contribution in [0.15, 0.2) is 48.1 Å². The van der Waals surface area contributed by atoms with Gasteiger partial charge in [0.15, 0.2) is 0 Å². The van der Waals surface area contributed by atoms with Crippen molar-refractivity contribution in [2.45, 2.75) is 32.1 Å².